The molecule has 0 amide bonds. The summed E-state index contributed by atoms with van der Waals surface area (Å²) in [4.78, 5) is 9.05. The summed E-state index contributed by atoms with van der Waals surface area (Å²) in [6.07, 6.45) is 0. The summed E-state index contributed by atoms with van der Waals surface area (Å²) in [5.74, 6) is -0.796. The first-order valence-electron chi connectivity index (χ1n) is 1.10. The number of hydrogen-bond donors (Lipinski definition) is 2. The van der Waals surface area contributed by atoms with Gasteiger partial charge in [-0.05, 0) is 0 Å². The Morgan fingerprint density at radius 2 is 2.17 bits per heavy atom. The van der Waals surface area contributed by atoms with E-state index in [1.807, 2.05) is 5.18 Å². The molecule has 6 heavy (non-hydrogen) atoms. The fourth-order valence-corrected chi connectivity index (χ4v) is 0.0204. The van der Waals surface area contributed by atoms with Gasteiger partial charge in [0.15, 0.2) is 0 Å². The van der Waals surface area contributed by atoms with Crippen LogP contribution in [0.3, 0.4) is 0 Å². The maximum absolute atomic E-state index is 9.05. The summed E-state index contributed by atoms with van der Waals surface area (Å²) in [6.45, 7) is 0. The Balaban J connectivity index is 3.52. The van der Waals surface area contributed by atoms with E-state index in [1.54, 1.807) is 0 Å². The third-order valence-corrected chi connectivity index (χ3v) is 0.192. The molecule has 0 unspecified atom stereocenters. The van der Waals surface area contributed by atoms with Gasteiger partial charge in [0.2, 0.25) is 0 Å². The zero-order valence-electron chi connectivity index (χ0n) is 2.80. The number of guanidine groups is 1. The van der Waals surface area contributed by atoms with E-state index in [4.69, 9.17) is 15.8 Å². The van der Waals surface area contributed by atoms with Crippen molar-refractivity contribution in [2.24, 2.45) is 10.3 Å². The van der Waals surface area contributed by atoms with Gasteiger partial charge in [-0.1, -0.05) is 0 Å². The Morgan fingerprint density at radius 3 is 2.17 bits per heavy atom. The Morgan fingerprint density at radius 1 is 1.67 bits per heavy atom. The van der Waals surface area contributed by atoms with Crippen LogP contribution in [0.4, 0.5) is 0 Å². The lowest BCUT2D eigenvalue weighted by Gasteiger charge is -1.65. The highest BCUT2D eigenvalue weighted by Gasteiger charge is 1.80. The standard InChI is InChI=1S/CH2N4O/c2-1(4-3)5-6/h2-3H. The molecule has 0 aliphatic heterocycles. The Hall–Kier alpha value is -1.13. The van der Waals surface area contributed by atoms with E-state index in [1.165, 1.54) is 0 Å². The maximum atomic E-state index is 9.05. The number of nitroso groups, excluding NO2 is 1. The SMILES string of the molecule is N=NC(=N)N=O. The lowest BCUT2D eigenvalue weighted by molar-refractivity contribution is 1.14. The molecule has 0 aromatic heterocycles. The average molecular weight is 86.1 g/mol. The highest BCUT2D eigenvalue weighted by atomic mass is 16.3. The van der Waals surface area contributed by atoms with Crippen LogP contribution in [0, 0.1) is 15.8 Å². The smallest absolute Gasteiger partial charge is 0.261 e. The lowest BCUT2D eigenvalue weighted by atomic mass is 11.1. The number of hydrogen-bond acceptors (Lipinski definition) is 3. The average Bonchev–Trinajstić information content (AvgIpc) is 1.65. The van der Waals surface area contributed by atoms with Crippen molar-refractivity contribution in [1.82, 2.24) is 0 Å². The van der Waals surface area contributed by atoms with E-state index in [2.05, 4.69) is 5.11 Å². The quantitative estimate of drug-likeness (QED) is 0.193. The third-order valence-electron chi connectivity index (χ3n) is 0.192. The Kier molecular flexibility index (Phi) is 1.73. The van der Waals surface area contributed by atoms with Crippen molar-refractivity contribution in [3.63, 3.8) is 0 Å². The largest absolute Gasteiger partial charge is 0.301 e. The van der Waals surface area contributed by atoms with Crippen molar-refractivity contribution >= 4 is 5.96 Å². The highest BCUT2D eigenvalue weighted by molar-refractivity contribution is 5.76. The van der Waals surface area contributed by atoms with Gasteiger partial charge in [-0.15, -0.1) is 10.0 Å². The zero-order chi connectivity index (χ0) is 4.99. The van der Waals surface area contributed by atoms with Gasteiger partial charge in [-0.3, -0.25) is 5.41 Å². The van der Waals surface area contributed by atoms with Crippen LogP contribution in [-0.2, 0) is 0 Å². The normalized spacial score (nSPS) is 6.67. The molecule has 0 spiro atoms. The summed E-state index contributed by atoms with van der Waals surface area (Å²) in [7, 11) is 0. The molecule has 0 atom stereocenters. The van der Waals surface area contributed by atoms with Gasteiger partial charge in [-0.25, -0.2) is 5.53 Å². The third kappa shape index (κ3) is 1.22. The second-order valence-corrected chi connectivity index (χ2v) is 0.527. The van der Waals surface area contributed by atoms with E-state index in [0.717, 1.165) is 0 Å². The van der Waals surface area contributed by atoms with Crippen LogP contribution in [-0.4, -0.2) is 5.96 Å². The van der Waals surface area contributed by atoms with E-state index in [9.17, 15) is 0 Å². The van der Waals surface area contributed by atoms with Crippen molar-refractivity contribution in [1.29, 1.82) is 10.9 Å². The number of nitrogens with zero attached hydrogens (tertiary/aromatic N) is 2. The summed E-state index contributed by atoms with van der Waals surface area (Å²) in [5.41, 5.74) is 5.92. The van der Waals surface area contributed by atoms with Crippen molar-refractivity contribution < 1.29 is 0 Å². The van der Waals surface area contributed by atoms with Gasteiger partial charge in [0.05, 0.1) is 0 Å². The molecular formula is CH2N4O. The number of rotatable bonds is 0. The number of nitrogens with one attached hydrogen (secondary N) is 2. The first kappa shape index (κ1) is 4.87. The molecular weight excluding hydrogens is 84.0 g/mol. The van der Waals surface area contributed by atoms with Gasteiger partial charge in [-0.2, -0.15) is 0 Å². The molecule has 0 heterocycles. The van der Waals surface area contributed by atoms with Gasteiger partial charge in [0, 0.05) is 5.18 Å². The van der Waals surface area contributed by atoms with Crippen LogP contribution in [0.2, 0.25) is 0 Å². The van der Waals surface area contributed by atoms with Gasteiger partial charge < -0.3 is 0 Å². The molecule has 0 saturated heterocycles. The lowest BCUT2D eigenvalue weighted by Crippen LogP contribution is -1.75. The molecule has 5 heteroatoms. The van der Waals surface area contributed by atoms with Crippen molar-refractivity contribution in [2.75, 3.05) is 0 Å². The van der Waals surface area contributed by atoms with Crippen LogP contribution >= 0.6 is 0 Å². The summed E-state index contributed by atoms with van der Waals surface area (Å²) < 4.78 is 0. The monoisotopic (exact) mass is 86.0 g/mol. The van der Waals surface area contributed by atoms with Gasteiger partial charge in [0.25, 0.3) is 0 Å². The van der Waals surface area contributed by atoms with Crippen molar-refractivity contribution in [2.45, 2.75) is 0 Å². The van der Waals surface area contributed by atoms with Gasteiger partial charge >= 0.3 is 5.96 Å². The van der Waals surface area contributed by atoms with Gasteiger partial charge in [0.1, 0.15) is 0 Å². The van der Waals surface area contributed by atoms with Crippen molar-refractivity contribution in [3.8, 4) is 0 Å². The van der Waals surface area contributed by atoms with Crippen LogP contribution in [0.5, 0.6) is 0 Å². The zero-order valence-corrected chi connectivity index (χ0v) is 2.80. The fraction of sp³-hybridized carbons (Fsp3) is 0. The minimum atomic E-state index is -0.796. The first-order valence-corrected chi connectivity index (χ1v) is 1.10. The Labute approximate surface area is 33.4 Å². The molecule has 0 radical (unpaired) electrons. The second kappa shape index (κ2) is 2.13. The van der Waals surface area contributed by atoms with Crippen LogP contribution in [0.25, 0.3) is 0 Å². The predicted molar refractivity (Wildman–Crippen MR) is 18.7 cm³/mol. The van der Waals surface area contributed by atoms with E-state index < -0.39 is 5.96 Å². The summed E-state index contributed by atoms with van der Waals surface area (Å²) in [6, 6.07) is 0. The molecule has 0 aliphatic carbocycles. The predicted octanol–water partition coefficient (Wildman–Crippen LogP) is 0.719. The van der Waals surface area contributed by atoms with E-state index >= 15 is 0 Å². The molecule has 0 aromatic carbocycles. The molecule has 0 saturated carbocycles. The minimum absolute atomic E-state index is 0.796. The Bertz CT molecular complexity index is 75.5. The molecule has 0 fully saturated rings. The molecule has 0 rings (SSSR count). The maximum Gasteiger partial charge on any atom is 0.301 e. The van der Waals surface area contributed by atoms with Crippen LogP contribution < -0.4 is 0 Å². The molecule has 0 aromatic rings. The molecule has 32 valence electrons. The molecule has 0 aliphatic rings. The van der Waals surface area contributed by atoms with Crippen molar-refractivity contribution in [3.05, 3.63) is 4.91 Å². The van der Waals surface area contributed by atoms with Crippen LogP contribution in [0.15, 0.2) is 10.3 Å². The van der Waals surface area contributed by atoms with Crippen LogP contribution in [0.1, 0.15) is 0 Å². The molecule has 5 nitrogen and oxygen atoms in total. The molecule has 2 N–H and O–H groups in total. The second-order valence-electron chi connectivity index (χ2n) is 0.527. The summed E-state index contributed by atoms with van der Waals surface area (Å²) >= 11 is 0. The van der Waals surface area contributed by atoms with E-state index in [-0.39, 0.29) is 0 Å². The molecule has 0 bridgehead atoms. The highest BCUT2D eigenvalue weighted by Crippen LogP contribution is 1.70. The fourth-order valence-electron chi connectivity index (χ4n) is 0.0204. The topological polar surface area (TPSA) is 89.5 Å². The van der Waals surface area contributed by atoms with E-state index in [0.29, 0.717) is 0 Å². The minimum Gasteiger partial charge on any atom is -0.261 e. The first-order chi connectivity index (χ1) is 2.81. The summed E-state index contributed by atoms with van der Waals surface area (Å²) in [5, 5.41) is 10.5.